The summed E-state index contributed by atoms with van der Waals surface area (Å²) in [5.41, 5.74) is -0.552. The molecule has 212 valence electrons. The number of anilines is 1. The number of piperazine rings is 1. The Morgan fingerprint density at radius 1 is 1.18 bits per heavy atom. The van der Waals surface area contributed by atoms with Crippen LogP contribution in [-0.2, 0) is 21.0 Å². The van der Waals surface area contributed by atoms with Gasteiger partial charge in [0.2, 0.25) is 20.9 Å². The van der Waals surface area contributed by atoms with Crippen LogP contribution in [0.3, 0.4) is 0 Å². The summed E-state index contributed by atoms with van der Waals surface area (Å²) in [6.07, 6.45) is -2.03. The molecule has 11 nitrogen and oxygen atoms in total. The van der Waals surface area contributed by atoms with E-state index in [9.17, 15) is 40.4 Å². The zero-order valence-corrected chi connectivity index (χ0v) is 22.0. The number of hydrogen-bond acceptors (Lipinski definition) is 9. The largest absolute Gasteiger partial charge is 0.445 e. The maximum absolute atomic E-state index is 13.4. The lowest BCUT2D eigenvalue weighted by atomic mass is 10.2. The normalized spacial score (nSPS) is 21.9. The van der Waals surface area contributed by atoms with E-state index in [0.717, 1.165) is 0 Å². The average Bonchev–Trinajstić information content (AvgIpc) is 3.62. The number of nitrogens with one attached hydrogen (secondary N) is 1. The molecular weight excluding hydrogens is 583 g/mol. The Labute approximate surface area is 227 Å². The predicted octanol–water partition coefficient (Wildman–Crippen LogP) is 2.51. The summed E-state index contributed by atoms with van der Waals surface area (Å²) in [7, 11) is -4.26. The number of sulfonamides is 1. The summed E-state index contributed by atoms with van der Waals surface area (Å²) in [4.78, 5) is 19.4. The van der Waals surface area contributed by atoms with E-state index in [1.54, 1.807) is 4.90 Å². The van der Waals surface area contributed by atoms with Crippen LogP contribution in [-0.4, -0.2) is 76.4 Å². The van der Waals surface area contributed by atoms with Crippen molar-refractivity contribution in [3.8, 4) is 16.9 Å². The Bertz CT molecular complexity index is 1670. The number of imidazole rings is 1. The zero-order valence-electron chi connectivity index (χ0n) is 20.3. The van der Waals surface area contributed by atoms with Crippen LogP contribution >= 0.6 is 11.3 Å². The van der Waals surface area contributed by atoms with E-state index in [1.165, 1.54) is 27.8 Å². The molecular formula is C22H19F5N8O3S2. The molecule has 2 aliphatic carbocycles. The molecule has 4 heterocycles. The van der Waals surface area contributed by atoms with Crippen LogP contribution in [0.2, 0.25) is 0 Å². The molecule has 1 amide bonds. The predicted molar refractivity (Wildman–Crippen MR) is 129 cm³/mol. The fourth-order valence-electron chi connectivity index (χ4n) is 4.59. The number of nitriles is 1. The van der Waals surface area contributed by atoms with E-state index in [1.807, 2.05) is 6.07 Å². The van der Waals surface area contributed by atoms with E-state index in [-0.39, 0.29) is 53.2 Å². The Hall–Kier alpha value is -3.43. The van der Waals surface area contributed by atoms with Crippen LogP contribution in [0, 0.1) is 17.2 Å². The number of amides is 1. The second kappa shape index (κ2) is 8.78. The summed E-state index contributed by atoms with van der Waals surface area (Å²) < 4.78 is 96.6. The van der Waals surface area contributed by atoms with Gasteiger partial charge in [-0.15, -0.1) is 10.2 Å². The molecule has 18 heteroatoms. The fourth-order valence-corrected chi connectivity index (χ4v) is 6.69. The molecule has 3 aromatic heterocycles. The van der Waals surface area contributed by atoms with Crippen molar-refractivity contribution in [3.63, 3.8) is 0 Å². The number of pyridine rings is 1. The standard InChI is InChI=1S/C22H19F5N8O3S2/c23-21(24)8-13(21)18(36)34-5-3-33(4-6-34)14-7-12(40(37,38)32-20(11-28)1-2-20)10-35-15(14)9-29-16(35)17-30-31-19(39-17)22(25,26)27/h7,9-10,13,32H,1-6,8H2. The lowest BCUT2D eigenvalue weighted by molar-refractivity contribution is -0.138. The van der Waals surface area contributed by atoms with Gasteiger partial charge in [0.05, 0.1) is 23.5 Å². The first-order chi connectivity index (χ1) is 18.7. The van der Waals surface area contributed by atoms with Crippen LogP contribution in [0.1, 0.15) is 24.3 Å². The van der Waals surface area contributed by atoms with Crippen molar-refractivity contribution in [2.75, 3.05) is 31.1 Å². The van der Waals surface area contributed by atoms with Crippen molar-refractivity contribution >= 4 is 38.5 Å². The first-order valence-electron chi connectivity index (χ1n) is 12.0. The molecule has 3 aromatic rings. The smallest absolute Gasteiger partial charge is 0.366 e. The molecule has 3 fully saturated rings. The summed E-state index contributed by atoms with van der Waals surface area (Å²) in [6, 6.07) is 3.30. The van der Waals surface area contributed by atoms with E-state index in [0.29, 0.717) is 24.0 Å². The third-order valence-corrected chi connectivity index (χ3v) is 9.58. The van der Waals surface area contributed by atoms with Gasteiger partial charge in [-0.25, -0.2) is 22.2 Å². The number of aromatic nitrogens is 4. The van der Waals surface area contributed by atoms with Crippen LogP contribution in [0.5, 0.6) is 0 Å². The highest BCUT2D eigenvalue weighted by molar-refractivity contribution is 7.89. The molecule has 1 unspecified atom stereocenters. The minimum absolute atomic E-state index is 0.0764. The molecule has 1 saturated heterocycles. The molecule has 40 heavy (non-hydrogen) atoms. The lowest BCUT2D eigenvalue weighted by Crippen LogP contribution is -2.49. The van der Waals surface area contributed by atoms with E-state index >= 15 is 0 Å². The van der Waals surface area contributed by atoms with Crippen LogP contribution in [0.4, 0.5) is 27.6 Å². The van der Waals surface area contributed by atoms with Gasteiger partial charge < -0.3 is 9.80 Å². The SMILES string of the molecule is N#CC1(NS(=O)(=O)c2cc(N3CCN(C(=O)C4CC4(F)F)CC3)c3cnc(-c4nnc(C(F)(F)F)s4)n3c2)CC1. The molecule has 1 atom stereocenters. The minimum atomic E-state index is -4.73. The van der Waals surface area contributed by atoms with Crippen molar-refractivity contribution in [2.24, 2.45) is 5.92 Å². The van der Waals surface area contributed by atoms with Gasteiger partial charge in [-0.2, -0.15) is 23.2 Å². The van der Waals surface area contributed by atoms with Gasteiger partial charge in [0.1, 0.15) is 16.4 Å². The number of rotatable bonds is 6. The number of nitrogens with zero attached hydrogens (tertiary/aromatic N) is 7. The van der Waals surface area contributed by atoms with Gasteiger partial charge in [-0.1, -0.05) is 11.3 Å². The van der Waals surface area contributed by atoms with Crippen molar-refractivity contribution in [1.82, 2.24) is 29.2 Å². The monoisotopic (exact) mass is 602 g/mol. The topological polar surface area (TPSA) is 137 Å². The maximum Gasteiger partial charge on any atom is 0.445 e. The third kappa shape index (κ3) is 4.65. The fraction of sp³-hybridized carbons (Fsp3) is 0.500. The molecule has 0 spiro atoms. The van der Waals surface area contributed by atoms with Crippen LogP contribution in [0.25, 0.3) is 16.3 Å². The van der Waals surface area contributed by atoms with Gasteiger partial charge in [-0.05, 0) is 18.9 Å². The number of halogens is 5. The van der Waals surface area contributed by atoms with Crippen LogP contribution < -0.4 is 9.62 Å². The molecule has 3 aliphatic rings. The number of fused-ring (bicyclic) bond motifs is 1. The van der Waals surface area contributed by atoms with Crippen LogP contribution in [0.15, 0.2) is 23.4 Å². The first kappa shape index (κ1) is 26.8. The van der Waals surface area contributed by atoms with Crippen molar-refractivity contribution in [3.05, 3.63) is 23.5 Å². The van der Waals surface area contributed by atoms with Gasteiger partial charge in [0.25, 0.3) is 5.92 Å². The summed E-state index contributed by atoms with van der Waals surface area (Å²) >= 11 is 0.245. The molecule has 0 aromatic carbocycles. The zero-order chi connectivity index (χ0) is 28.7. The Kier molecular flexibility index (Phi) is 5.88. The van der Waals surface area contributed by atoms with E-state index < -0.39 is 50.9 Å². The molecule has 0 radical (unpaired) electrons. The molecule has 0 bridgehead atoms. The van der Waals surface area contributed by atoms with Crippen molar-refractivity contribution in [2.45, 2.75) is 41.8 Å². The van der Waals surface area contributed by atoms with Gasteiger partial charge in [0, 0.05) is 38.8 Å². The summed E-state index contributed by atoms with van der Waals surface area (Å²) in [5, 5.41) is 14.8. The maximum atomic E-state index is 13.4. The van der Waals surface area contributed by atoms with Crippen molar-refractivity contribution < 1.29 is 35.2 Å². The molecule has 6 rings (SSSR count). The average molecular weight is 603 g/mol. The Morgan fingerprint density at radius 3 is 2.40 bits per heavy atom. The second-order valence-corrected chi connectivity index (χ2v) is 12.6. The number of carbonyl (C=O) groups excluding carboxylic acids is 1. The molecule has 1 aliphatic heterocycles. The molecule has 2 saturated carbocycles. The van der Waals surface area contributed by atoms with E-state index in [4.69, 9.17) is 0 Å². The highest BCUT2D eigenvalue weighted by atomic mass is 32.2. The lowest BCUT2D eigenvalue weighted by Gasteiger charge is -2.36. The molecule has 1 N–H and O–H groups in total. The Morgan fingerprint density at radius 2 is 1.85 bits per heavy atom. The number of carbonyl (C=O) groups is 1. The number of hydrogen-bond donors (Lipinski definition) is 1. The quantitative estimate of drug-likeness (QED) is 0.425. The first-order valence-corrected chi connectivity index (χ1v) is 14.3. The Balaban J connectivity index is 1.37. The highest BCUT2D eigenvalue weighted by Crippen LogP contribution is 2.49. The highest BCUT2D eigenvalue weighted by Gasteiger charge is 2.62. The second-order valence-electron chi connectivity index (χ2n) is 9.94. The summed E-state index contributed by atoms with van der Waals surface area (Å²) in [5.74, 6) is -5.04. The van der Waals surface area contributed by atoms with Crippen molar-refractivity contribution in [1.29, 1.82) is 5.26 Å². The van der Waals surface area contributed by atoms with Gasteiger partial charge >= 0.3 is 6.18 Å². The minimum Gasteiger partial charge on any atom is -0.366 e. The summed E-state index contributed by atoms with van der Waals surface area (Å²) in [6.45, 7) is 0.569. The van der Waals surface area contributed by atoms with Gasteiger partial charge in [0.15, 0.2) is 10.8 Å². The van der Waals surface area contributed by atoms with E-state index in [2.05, 4.69) is 19.9 Å². The van der Waals surface area contributed by atoms with Gasteiger partial charge in [-0.3, -0.25) is 9.20 Å². The number of alkyl halides is 5. The third-order valence-electron chi connectivity index (χ3n) is 7.11.